The van der Waals surface area contributed by atoms with Gasteiger partial charge in [0, 0.05) is 12.6 Å². The van der Waals surface area contributed by atoms with Gasteiger partial charge in [0.05, 0.1) is 0 Å². The van der Waals surface area contributed by atoms with Gasteiger partial charge in [-0.3, -0.25) is 0 Å². The molecule has 2 atom stereocenters. The van der Waals surface area contributed by atoms with E-state index < -0.39 is 0 Å². The molecule has 3 saturated heterocycles. The van der Waals surface area contributed by atoms with Crippen molar-refractivity contribution < 1.29 is 0 Å². The first-order valence-electron chi connectivity index (χ1n) is 7.45. The quantitative estimate of drug-likeness (QED) is 0.860. The van der Waals surface area contributed by atoms with Crippen LogP contribution in [0.1, 0.15) is 32.1 Å². The average molecular weight is 291 g/mol. The van der Waals surface area contributed by atoms with Gasteiger partial charge < -0.3 is 10.2 Å². The number of hydrogen-bond donors (Lipinski definition) is 1. The summed E-state index contributed by atoms with van der Waals surface area (Å²) in [6, 6.07) is 0.860. The van der Waals surface area contributed by atoms with Gasteiger partial charge in [0.2, 0.25) is 0 Å². The third-order valence-electron chi connectivity index (χ3n) is 4.84. The summed E-state index contributed by atoms with van der Waals surface area (Å²) in [5.41, 5.74) is 0. The Labute approximate surface area is 122 Å². The van der Waals surface area contributed by atoms with Crippen LogP contribution >= 0.6 is 24.2 Å². The molecule has 18 heavy (non-hydrogen) atoms. The molecule has 3 rings (SSSR count). The first-order chi connectivity index (χ1) is 8.42. The van der Waals surface area contributed by atoms with Crippen LogP contribution in [-0.4, -0.2) is 48.6 Å². The van der Waals surface area contributed by atoms with Crippen molar-refractivity contribution in [3.63, 3.8) is 0 Å². The highest BCUT2D eigenvalue weighted by Crippen LogP contribution is 2.28. The highest BCUT2D eigenvalue weighted by molar-refractivity contribution is 7.99. The second kappa shape index (κ2) is 7.37. The van der Waals surface area contributed by atoms with Crippen molar-refractivity contribution in [3.05, 3.63) is 0 Å². The normalized spacial score (nSPS) is 34.7. The molecule has 0 bridgehead atoms. The Balaban J connectivity index is 0.00000120. The minimum Gasteiger partial charge on any atom is -0.314 e. The van der Waals surface area contributed by atoms with E-state index in [1.54, 1.807) is 0 Å². The van der Waals surface area contributed by atoms with E-state index in [1.165, 1.54) is 69.8 Å². The van der Waals surface area contributed by atoms with Crippen LogP contribution in [0.2, 0.25) is 0 Å². The van der Waals surface area contributed by atoms with Crippen LogP contribution in [0.15, 0.2) is 0 Å². The van der Waals surface area contributed by atoms with Gasteiger partial charge in [0.15, 0.2) is 0 Å². The third kappa shape index (κ3) is 3.78. The average Bonchev–Trinajstić information content (AvgIpc) is 3.01. The molecule has 3 aliphatic rings. The van der Waals surface area contributed by atoms with Gasteiger partial charge in [-0.1, -0.05) is 0 Å². The standard InChI is InChI=1S/C14H26N2S.ClH/c1-2-14(15-6-1)13-3-7-16(8-4-13)10-12-5-9-17-11-12;/h12-15H,1-11H2;1H. The van der Waals surface area contributed by atoms with Crippen LogP contribution in [0, 0.1) is 11.8 Å². The van der Waals surface area contributed by atoms with Crippen LogP contribution in [0.4, 0.5) is 0 Å². The third-order valence-corrected chi connectivity index (χ3v) is 6.07. The molecular formula is C14H27ClN2S. The van der Waals surface area contributed by atoms with Crippen LogP contribution in [-0.2, 0) is 0 Å². The molecule has 0 aromatic heterocycles. The van der Waals surface area contributed by atoms with Crippen molar-refractivity contribution in [1.82, 2.24) is 10.2 Å². The Morgan fingerprint density at radius 3 is 2.56 bits per heavy atom. The molecule has 4 heteroatoms. The zero-order valence-electron chi connectivity index (χ0n) is 11.3. The van der Waals surface area contributed by atoms with Gasteiger partial charge in [-0.25, -0.2) is 0 Å². The maximum Gasteiger partial charge on any atom is 0.00967 e. The topological polar surface area (TPSA) is 15.3 Å². The molecular weight excluding hydrogens is 264 g/mol. The molecule has 3 fully saturated rings. The van der Waals surface area contributed by atoms with Crippen molar-refractivity contribution in [2.45, 2.75) is 38.1 Å². The summed E-state index contributed by atoms with van der Waals surface area (Å²) in [6.07, 6.45) is 7.19. The Hall–Kier alpha value is 0.560. The summed E-state index contributed by atoms with van der Waals surface area (Å²) < 4.78 is 0. The number of nitrogens with one attached hydrogen (secondary N) is 1. The van der Waals surface area contributed by atoms with E-state index in [-0.39, 0.29) is 12.4 Å². The zero-order chi connectivity index (χ0) is 11.5. The molecule has 2 unspecified atom stereocenters. The number of halogens is 1. The van der Waals surface area contributed by atoms with Crippen molar-refractivity contribution in [1.29, 1.82) is 0 Å². The Morgan fingerprint density at radius 2 is 1.94 bits per heavy atom. The summed E-state index contributed by atoms with van der Waals surface area (Å²) in [7, 11) is 0. The number of piperidine rings is 1. The lowest BCUT2D eigenvalue weighted by molar-refractivity contribution is 0.148. The molecule has 0 radical (unpaired) electrons. The number of likely N-dealkylation sites (tertiary alicyclic amines) is 1. The van der Waals surface area contributed by atoms with Gasteiger partial charge in [-0.2, -0.15) is 11.8 Å². The number of nitrogens with zero attached hydrogens (tertiary/aromatic N) is 1. The fraction of sp³-hybridized carbons (Fsp3) is 1.00. The summed E-state index contributed by atoms with van der Waals surface area (Å²) in [4.78, 5) is 2.74. The second-order valence-electron chi connectivity index (χ2n) is 6.07. The van der Waals surface area contributed by atoms with Gasteiger partial charge in [0.1, 0.15) is 0 Å². The molecule has 1 N–H and O–H groups in total. The molecule has 0 aliphatic carbocycles. The maximum absolute atomic E-state index is 3.69. The monoisotopic (exact) mass is 290 g/mol. The minimum absolute atomic E-state index is 0. The fourth-order valence-electron chi connectivity index (χ4n) is 3.74. The first-order valence-corrected chi connectivity index (χ1v) is 8.61. The predicted octanol–water partition coefficient (Wildman–Crippen LogP) is 2.63. The van der Waals surface area contributed by atoms with Crippen LogP contribution in [0.3, 0.4) is 0 Å². The van der Waals surface area contributed by atoms with E-state index >= 15 is 0 Å². The Bertz CT molecular complexity index is 232. The van der Waals surface area contributed by atoms with Crippen LogP contribution in [0.25, 0.3) is 0 Å². The molecule has 0 spiro atoms. The van der Waals surface area contributed by atoms with Crippen molar-refractivity contribution in [2.24, 2.45) is 11.8 Å². The molecule has 0 amide bonds. The van der Waals surface area contributed by atoms with E-state index in [9.17, 15) is 0 Å². The number of rotatable bonds is 3. The molecule has 3 aliphatic heterocycles. The van der Waals surface area contributed by atoms with Crippen molar-refractivity contribution >= 4 is 24.2 Å². The van der Waals surface area contributed by atoms with E-state index in [4.69, 9.17) is 0 Å². The zero-order valence-corrected chi connectivity index (χ0v) is 12.9. The SMILES string of the molecule is C1CNC(C2CCN(CC3CCSC3)CC2)C1.Cl. The van der Waals surface area contributed by atoms with Gasteiger partial charge >= 0.3 is 0 Å². The van der Waals surface area contributed by atoms with E-state index in [0.717, 1.165) is 17.9 Å². The lowest BCUT2D eigenvalue weighted by Crippen LogP contribution is -2.42. The van der Waals surface area contributed by atoms with Crippen LogP contribution in [0.5, 0.6) is 0 Å². The van der Waals surface area contributed by atoms with E-state index in [2.05, 4.69) is 22.0 Å². The number of hydrogen-bond acceptors (Lipinski definition) is 3. The smallest absolute Gasteiger partial charge is 0.00967 e. The van der Waals surface area contributed by atoms with Crippen molar-refractivity contribution in [3.8, 4) is 0 Å². The summed E-state index contributed by atoms with van der Waals surface area (Å²) in [6.45, 7) is 5.38. The highest BCUT2D eigenvalue weighted by atomic mass is 35.5. The summed E-state index contributed by atoms with van der Waals surface area (Å²) >= 11 is 2.16. The predicted molar refractivity (Wildman–Crippen MR) is 82.9 cm³/mol. The van der Waals surface area contributed by atoms with E-state index in [0.29, 0.717) is 0 Å². The minimum atomic E-state index is 0. The van der Waals surface area contributed by atoms with E-state index in [1.807, 2.05) is 0 Å². The largest absolute Gasteiger partial charge is 0.314 e. The number of thioether (sulfide) groups is 1. The summed E-state index contributed by atoms with van der Waals surface area (Å²) in [5.74, 6) is 4.81. The lowest BCUT2D eigenvalue weighted by atomic mass is 9.88. The molecule has 106 valence electrons. The van der Waals surface area contributed by atoms with Crippen molar-refractivity contribution in [2.75, 3.05) is 37.7 Å². The van der Waals surface area contributed by atoms with Gasteiger partial charge in [0.25, 0.3) is 0 Å². The maximum atomic E-state index is 3.69. The first kappa shape index (κ1) is 15.0. The molecule has 0 aromatic rings. The second-order valence-corrected chi connectivity index (χ2v) is 7.22. The van der Waals surface area contributed by atoms with Gasteiger partial charge in [-0.05, 0) is 75.1 Å². The molecule has 0 saturated carbocycles. The lowest BCUT2D eigenvalue weighted by Gasteiger charge is -2.36. The Kier molecular flexibility index (Phi) is 6.13. The highest BCUT2D eigenvalue weighted by Gasteiger charge is 2.29. The van der Waals surface area contributed by atoms with Crippen LogP contribution < -0.4 is 5.32 Å². The summed E-state index contributed by atoms with van der Waals surface area (Å²) in [5, 5.41) is 3.69. The molecule has 0 aromatic carbocycles. The fourth-order valence-corrected chi connectivity index (χ4v) is 5.02. The molecule has 2 nitrogen and oxygen atoms in total. The Morgan fingerprint density at radius 1 is 1.11 bits per heavy atom. The van der Waals surface area contributed by atoms with Gasteiger partial charge in [-0.15, -0.1) is 12.4 Å². The molecule has 3 heterocycles.